The van der Waals surface area contributed by atoms with Crippen LogP contribution in [0.5, 0.6) is 5.75 Å². The quantitative estimate of drug-likeness (QED) is 0.844. The number of hydrogen-bond acceptors (Lipinski definition) is 5. The van der Waals surface area contributed by atoms with Crippen LogP contribution in [0.3, 0.4) is 0 Å². The second-order valence-corrected chi connectivity index (χ2v) is 6.11. The van der Waals surface area contributed by atoms with Gasteiger partial charge in [0.25, 0.3) is 0 Å². The van der Waals surface area contributed by atoms with Crippen LogP contribution in [0, 0.1) is 5.82 Å². The summed E-state index contributed by atoms with van der Waals surface area (Å²) in [6.45, 7) is 0.262. The molecule has 0 unspecified atom stereocenters. The molecule has 120 valence electrons. The minimum absolute atomic E-state index is 0. The lowest BCUT2D eigenvalue weighted by Crippen LogP contribution is -2.44. The van der Waals surface area contributed by atoms with Gasteiger partial charge in [-0.2, -0.15) is 4.98 Å². The molecule has 8 heteroatoms. The molecule has 5 nitrogen and oxygen atoms in total. The zero-order valence-corrected chi connectivity index (χ0v) is 14.1. The Balaban J connectivity index is 0.00000176. The number of rotatable bonds is 5. The first-order chi connectivity index (χ1) is 10.1. The molecule has 1 aromatic heterocycles. The van der Waals surface area contributed by atoms with E-state index >= 15 is 0 Å². The summed E-state index contributed by atoms with van der Waals surface area (Å²) < 4.78 is 24.8. The minimum atomic E-state index is -0.430. The molecule has 2 N–H and O–H groups in total. The van der Waals surface area contributed by atoms with Crippen LogP contribution in [0.1, 0.15) is 31.0 Å². The maximum Gasteiger partial charge on any atom is 0.230 e. The zero-order chi connectivity index (χ0) is 14.9. The number of benzene rings is 1. The maximum absolute atomic E-state index is 13.6. The van der Waals surface area contributed by atoms with Gasteiger partial charge < -0.3 is 15.0 Å². The van der Waals surface area contributed by atoms with Gasteiger partial charge in [-0.1, -0.05) is 21.1 Å². The summed E-state index contributed by atoms with van der Waals surface area (Å²) in [4.78, 5) is 4.29. The predicted molar refractivity (Wildman–Crippen MR) is 84.6 cm³/mol. The molecular formula is C14H16BrClFN3O2. The molecule has 0 aliphatic heterocycles. The molecule has 1 aromatic carbocycles. The van der Waals surface area contributed by atoms with E-state index in [9.17, 15) is 4.39 Å². The lowest BCUT2D eigenvalue weighted by molar-refractivity contribution is 0.228. The minimum Gasteiger partial charge on any atom is -0.490 e. The Hall–Kier alpha value is -1.18. The Morgan fingerprint density at radius 3 is 2.82 bits per heavy atom. The standard InChI is InChI=1S/C14H15BrFN3O2.ClH/c15-9-2-3-11(10(16)8-9)20-7-4-12-18-13(19-21-12)14(17)5-1-6-14;/h2-3,8H,1,4-7,17H2;1H. The Labute approximate surface area is 141 Å². The molecule has 3 rings (SSSR count). The lowest BCUT2D eigenvalue weighted by Gasteiger charge is -2.34. The van der Waals surface area contributed by atoms with Crippen molar-refractivity contribution in [3.63, 3.8) is 0 Å². The first kappa shape index (κ1) is 17.2. The third-order valence-electron chi connectivity index (χ3n) is 3.63. The average Bonchev–Trinajstić information content (AvgIpc) is 2.88. The van der Waals surface area contributed by atoms with Crippen molar-refractivity contribution >= 4 is 28.3 Å². The van der Waals surface area contributed by atoms with Crippen molar-refractivity contribution in [1.82, 2.24) is 10.1 Å². The van der Waals surface area contributed by atoms with Crippen LogP contribution < -0.4 is 10.5 Å². The van der Waals surface area contributed by atoms with Crippen molar-refractivity contribution in [3.8, 4) is 5.75 Å². The molecule has 1 saturated carbocycles. The van der Waals surface area contributed by atoms with Gasteiger partial charge in [-0.15, -0.1) is 12.4 Å². The van der Waals surface area contributed by atoms with Gasteiger partial charge in [0, 0.05) is 4.47 Å². The number of hydrogen-bond donors (Lipinski definition) is 1. The van der Waals surface area contributed by atoms with Crippen LogP contribution in [0.15, 0.2) is 27.2 Å². The van der Waals surface area contributed by atoms with E-state index in [4.69, 9.17) is 15.0 Å². The summed E-state index contributed by atoms with van der Waals surface area (Å²) in [5.41, 5.74) is 5.69. The highest BCUT2D eigenvalue weighted by molar-refractivity contribution is 9.10. The molecule has 1 heterocycles. The molecule has 1 aliphatic carbocycles. The van der Waals surface area contributed by atoms with Gasteiger partial charge in [0.1, 0.15) is 0 Å². The average molecular weight is 393 g/mol. The van der Waals surface area contributed by atoms with Crippen LogP contribution >= 0.6 is 28.3 Å². The van der Waals surface area contributed by atoms with Gasteiger partial charge in [-0.3, -0.25) is 0 Å². The van der Waals surface area contributed by atoms with E-state index in [1.807, 2.05) is 0 Å². The Kier molecular flexibility index (Phi) is 5.41. The van der Waals surface area contributed by atoms with E-state index in [1.54, 1.807) is 12.1 Å². The number of nitrogens with two attached hydrogens (primary N) is 1. The maximum atomic E-state index is 13.6. The predicted octanol–water partition coefficient (Wildman–Crippen LogP) is 3.35. The number of nitrogens with zero attached hydrogens (tertiary/aromatic N) is 2. The fourth-order valence-electron chi connectivity index (χ4n) is 2.18. The zero-order valence-electron chi connectivity index (χ0n) is 11.7. The molecule has 0 atom stereocenters. The first-order valence-electron chi connectivity index (χ1n) is 6.77. The monoisotopic (exact) mass is 391 g/mol. The van der Waals surface area contributed by atoms with E-state index in [1.165, 1.54) is 6.07 Å². The summed E-state index contributed by atoms with van der Waals surface area (Å²) in [5.74, 6) is 0.802. The van der Waals surface area contributed by atoms with Crippen molar-refractivity contribution in [2.24, 2.45) is 5.73 Å². The van der Waals surface area contributed by atoms with Crippen molar-refractivity contribution in [2.45, 2.75) is 31.2 Å². The molecule has 0 bridgehead atoms. The lowest BCUT2D eigenvalue weighted by atomic mass is 9.77. The highest BCUT2D eigenvalue weighted by Gasteiger charge is 2.38. The van der Waals surface area contributed by atoms with Crippen LogP contribution in [0.2, 0.25) is 0 Å². The van der Waals surface area contributed by atoms with Crippen LogP contribution in [0.4, 0.5) is 4.39 Å². The van der Waals surface area contributed by atoms with Crippen LogP contribution in [-0.4, -0.2) is 16.7 Å². The third kappa shape index (κ3) is 3.59. The number of aromatic nitrogens is 2. The highest BCUT2D eigenvalue weighted by atomic mass is 79.9. The van der Waals surface area contributed by atoms with E-state index in [0.29, 0.717) is 22.6 Å². The highest BCUT2D eigenvalue weighted by Crippen LogP contribution is 2.36. The number of halogens is 3. The van der Waals surface area contributed by atoms with E-state index in [-0.39, 0.29) is 24.8 Å². The topological polar surface area (TPSA) is 74.2 Å². The van der Waals surface area contributed by atoms with Gasteiger partial charge in [-0.05, 0) is 37.5 Å². The molecule has 2 aromatic rings. The van der Waals surface area contributed by atoms with Crippen LogP contribution in [0.25, 0.3) is 0 Å². The van der Waals surface area contributed by atoms with Crippen LogP contribution in [-0.2, 0) is 12.0 Å². The third-order valence-corrected chi connectivity index (χ3v) is 4.12. The van der Waals surface area contributed by atoms with Gasteiger partial charge in [-0.25, -0.2) is 4.39 Å². The van der Waals surface area contributed by atoms with Crippen molar-refractivity contribution in [2.75, 3.05) is 6.61 Å². The molecule has 1 fully saturated rings. The smallest absolute Gasteiger partial charge is 0.230 e. The molecule has 22 heavy (non-hydrogen) atoms. The molecule has 0 saturated heterocycles. The second-order valence-electron chi connectivity index (χ2n) is 5.19. The normalized spacial score (nSPS) is 15.8. The molecular weight excluding hydrogens is 377 g/mol. The van der Waals surface area contributed by atoms with Gasteiger partial charge in [0.15, 0.2) is 17.4 Å². The fraction of sp³-hybridized carbons (Fsp3) is 0.429. The Bertz CT molecular complexity index is 649. The van der Waals surface area contributed by atoms with Crippen molar-refractivity contribution in [1.29, 1.82) is 0 Å². The molecule has 0 amide bonds. The fourth-order valence-corrected chi connectivity index (χ4v) is 2.51. The second kappa shape index (κ2) is 6.93. The summed E-state index contributed by atoms with van der Waals surface area (Å²) >= 11 is 3.19. The summed E-state index contributed by atoms with van der Waals surface area (Å²) in [7, 11) is 0. The largest absolute Gasteiger partial charge is 0.490 e. The van der Waals surface area contributed by atoms with Gasteiger partial charge in [0.2, 0.25) is 5.89 Å². The Morgan fingerprint density at radius 2 is 2.18 bits per heavy atom. The van der Waals surface area contributed by atoms with Gasteiger partial charge in [0.05, 0.1) is 18.6 Å². The summed E-state index contributed by atoms with van der Waals surface area (Å²) in [5, 5.41) is 3.92. The first-order valence-corrected chi connectivity index (χ1v) is 7.56. The van der Waals surface area contributed by atoms with E-state index in [0.717, 1.165) is 19.3 Å². The SMILES string of the molecule is Cl.NC1(c2noc(CCOc3ccc(Br)cc3F)n2)CCC1. The van der Waals surface area contributed by atoms with Crippen molar-refractivity contribution < 1.29 is 13.7 Å². The summed E-state index contributed by atoms with van der Waals surface area (Å²) in [6.07, 6.45) is 3.27. The summed E-state index contributed by atoms with van der Waals surface area (Å²) in [6, 6.07) is 4.65. The molecule has 1 aliphatic rings. The Morgan fingerprint density at radius 1 is 1.41 bits per heavy atom. The molecule has 0 radical (unpaired) electrons. The number of ether oxygens (including phenoxy) is 1. The van der Waals surface area contributed by atoms with Crippen molar-refractivity contribution in [3.05, 3.63) is 40.2 Å². The van der Waals surface area contributed by atoms with Gasteiger partial charge >= 0.3 is 0 Å². The van der Waals surface area contributed by atoms with E-state index in [2.05, 4.69) is 26.1 Å². The molecule has 0 spiro atoms. The van der Waals surface area contributed by atoms with E-state index < -0.39 is 11.4 Å².